The minimum Gasteiger partial charge on any atom is -0.481 e. The van der Waals surface area contributed by atoms with Gasteiger partial charge in [0.25, 0.3) is 0 Å². The first kappa shape index (κ1) is 13.5. The van der Waals surface area contributed by atoms with Crippen LogP contribution in [0.3, 0.4) is 0 Å². The van der Waals surface area contributed by atoms with Crippen molar-refractivity contribution in [1.82, 2.24) is 19.3 Å². The van der Waals surface area contributed by atoms with E-state index in [4.69, 9.17) is 5.11 Å². The van der Waals surface area contributed by atoms with E-state index in [2.05, 4.69) is 21.6 Å². The number of hydrogen-bond acceptors (Lipinski definition) is 4. The number of rotatable bonds is 6. The molecule has 0 amide bonds. The van der Waals surface area contributed by atoms with E-state index in [1.807, 2.05) is 11.7 Å². The first-order valence-electron chi connectivity index (χ1n) is 6.90. The van der Waals surface area contributed by atoms with Crippen LogP contribution in [0.2, 0.25) is 0 Å². The molecule has 2 aromatic rings. The van der Waals surface area contributed by atoms with Gasteiger partial charge in [0.1, 0.15) is 5.52 Å². The molecule has 0 aromatic carbocycles. The van der Waals surface area contributed by atoms with Crippen LogP contribution in [0.25, 0.3) is 11.2 Å². The highest BCUT2D eigenvalue weighted by molar-refractivity contribution is 7.99. The van der Waals surface area contributed by atoms with Gasteiger partial charge in [0.05, 0.1) is 11.4 Å². The number of carboxylic acids is 1. The Morgan fingerprint density at radius 1 is 1.50 bits per heavy atom. The summed E-state index contributed by atoms with van der Waals surface area (Å²) in [6.07, 6.45) is 4.21. The van der Waals surface area contributed by atoms with Crippen LogP contribution in [-0.2, 0) is 18.3 Å². The second kappa shape index (κ2) is 5.12. The average molecular weight is 294 g/mol. The van der Waals surface area contributed by atoms with Gasteiger partial charge in [-0.2, -0.15) is 5.10 Å². The largest absolute Gasteiger partial charge is 0.481 e. The van der Waals surface area contributed by atoms with Gasteiger partial charge >= 0.3 is 5.97 Å². The zero-order chi connectivity index (χ0) is 14.3. The summed E-state index contributed by atoms with van der Waals surface area (Å²) in [5.41, 5.74) is 2.99. The van der Waals surface area contributed by atoms with Crippen molar-refractivity contribution in [3.8, 4) is 0 Å². The molecule has 0 saturated heterocycles. The second-order valence-electron chi connectivity index (χ2n) is 5.17. The van der Waals surface area contributed by atoms with Gasteiger partial charge in [-0.3, -0.25) is 9.48 Å². The molecule has 1 N–H and O–H groups in total. The van der Waals surface area contributed by atoms with Crippen molar-refractivity contribution in [2.75, 3.05) is 5.75 Å². The topological polar surface area (TPSA) is 72.9 Å². The molecule has 0 radical (unpaired) electrons. The average Bonchev–Trinajstić information content (AvgIpc) is 3.09. The Labute approximate surface area is 121 Å². The third kappa shape index (κ3) is 2.30. The molecule has 0 spiro atoms. The Kier molecular flexibility index (Phi) is 3.45. The zero-order valence-corrected chi connectivity index (χ0v) is 12.5. The highest BCUT2D eigenvalue weighted by Crippen LogP contribution is 2.41. The minimum absolute atomic E-state index is 0.0482. The van der Waals surface area contributed by atoms with Crippen molar-refractivity contribution >= 4 is 28.9 Å². The van der Waals surface area contributed by atoms with E-state index in [1.54, 1.807) is 0 Å². The van der Waals surface area contributed by atoms with Crippen LogP contribution in [0.1, 0.15) is 37.9 Å². The maximum atomic E-state index is 10.8. The van der Waals surface area contributed by atoms with Gasteiger partial charge in [-0.1, -0.05) is 25.1 Å². The van der Waals surface area contributed by atoms with Crippen molar-refractivity contribution in [2.24, 2.45) is 7.05 Å². The lowest BCUT2D eigenvalue weighted by molar-refractivity contribution is -0.133. The molecular weight excluding hydrogens is 276 g/mol. The standard InChI is InChI=1S/C13H18N4O2S/c1-3-4-9-11-12(16(2)15-9)17(8-5-6-8)13(14-11)20-7-10(18)19/h8H,3-7H2,1-2H3,(H,18,19). The summed E-state index contributed by atoms with van der Waals surface area (Å²) in [5.74, 6) is -0.761. The van der Waals surface area contributed by atoms with E-state index in [-0.39, 0.29) is 5.75 Å². The van der Waals surface area contributed by atoms with Crippen LogP contribution in [0.15, 0.2) is 5.16 Å². The molecule has 3 rings (SSSR count). The minimum atomic E-state index is -0.809. The Morgan fingerprint density at radius 2 is 2.25 bits per heavy atom. The summed E-state index contributed by atoms with van der Waals surface area (Å²) in [5, 5.41) is 14.2. The van der Waals surface area contributed by atoms with Crippen molar-refractivity contribution < 1.29 is 9.90 Å². The fraction of sp³-hybridized carbons (Fsp3) is 0.615. The molecule has 0 aliphatic heterocycles. The molecule has 1 fully saturated rings. The number of carboxylic acid groups (broad SMARTS) is 1. The van der Waals surface area contributed by atoms with Crippen LogP contribution in [0.5, 0.6) is 0 Å². The molecule has 0 atom stereocenters. The van der Waals surface area contributed by atoms with Crippen molar-refractivity contribution in [3.63, 3.8) is 0 Å². The van der Waals surface area contributed by atoms with Gasteiger partial charge in [-0.05, 0) is 19.3 Å². The summed E-state index contributed by atoms with van der Waals surface area (Å²) < 4.78 is 4.06. The van der Waals surface area contributed by atoms with Gasteiger partial charge in [-0.25, -0.2) is 4.98 Å². The van der Waals surface area contributed by atoms with Gasteiger partial charge in [0, 0.05) is 13.1 Å². The SMILES string of the molecule is CCCc1nn(C)c2c1nc(SCC(=O)O)n2C1CC1. The fourth-order valence-corrected chi connectivity index (χ4v) is 3.26. The number of hydrogen-bond donors (Lipinski definition) is 1. The molecule has 0 unspecified atom stereocenters. The molecule has 108 valence electrons. The lowest BCUT2D eigenvalue weighted by atomic mass is 10.2. The molecular formula is C13H18N4O2S. The Morgan fingerprint density at radius 3 is 2.85 bits per heavy atom. The summed E-state index contributed by atoms with van der Waals surface area (Å²) in [6, 6.07) is 0.459. The van der Waals surface area contributed by atoms with Gasteiger partial charge < -0.3 is 9.67 Å². The van der Waals surface area contributed by atoms with E-state index >= 15 is 0 Å². The van der Waals surface area contributed by atoms with E-state index in [9.17, 15) is 4.79 Å². The van der Waals surface area contributed by atoms with E-state index in [0.29, 0.717) is 6.04 Å². The number of thioether (sulfide) groups is 1. The number of aromatic nitrogens is 4. The number of aliphatic carboxylic acids is 1. The summed E-state index contributed by atoms with van der Waals surface area (Å²) in [7, 11) is 1.94. The highest BCUT2D eigenvalue weighted by Gasteiger charge is 2.31. The van der Waals surface area contributed by atoms with Gasteiger partial charge in [0.15, 0.2) is 10.8 Å². The lowest BCUT2D eigenvalue weighted by Crippen LogP contribution is -2.05. The number of aryl methyl sites for hydroxylation is 2. The third-order valence-electron chi connectivity index (χ3n) is 3.43. The molecule has 7 heteroatoms. The quantitative estimate of drug-likeness (QED) is 0.827. The lowest BCUT2D eigenvalue weighted by Gasteiger charge is -2.06. The summed E-state index contributed by atoms with van der Waals surface area (Å²) >= 11 is 1.30. The Hall–Kier alpha value is -1.50. The third-order valence-corrected chi connectivity index (χ3v) is 4.37. The molecule has 2 aromatic heterocycles. The predicted molar refractivity (Wildman–Crippen MR) is 77.1 cm³/mol. The first-order valence-corrected chi connectivity index (χ1v) is 7.88. The molecule has 2 heterocycles. The van der Waals surface area contributed by atoms with Crippen LogP contribution in [0.4, 0.5) is 0 Å². The number of nitrogens with zero attached hydrogens (tertiary/aromatic N) is 4. The molecule has 1 aliphatic carbocycles. The van der Waals surface area contributed by atoms with Crippen molar-refractivity contribution in [3.05, 3.63) is 5.69 Å². The van der Waals surface area contributed by atoms with Gasteiger partial charge in [0.2, 0.25) is 0 Å². The molecule has 20 heavy (non-hydrogen) atoms. The van der Waals surface area contributed by atoms with Crippen LogP contribution < -0.4 is 0 Å². The normalized spacial score (nSPS) is 15.1. The first-order chi connectivity index (χ1) is 9.61. The molecule has 1 aliphatic rings. The second-order valence-corrected chi connectivity index (χ2v) is 6.11. The van der Waals surface area contributed by atoms with E-state index < -0.39 is 5.97 Å². The molecule has 1 saturated carbocycles. The van der Waals surface area contributed by atoms with Crippen molar-refractivity contribution in [1.29, 1.82) is 0 Å². The predicted octanol–water partition coefficient (Wildman–Crippen LogP) is 2.23. The zero-order valence-electron chi connectivity index (χ0n) is 11.7. The van der Waals surface area contributed by atoms with Gasteiger partial charge in [-0.15, -0.1) is 0 Å². The summed E-state index contributed by atoms with van der Waals surface area (Å²) in [4.78, 5) is 15.4. The van der Waals surface area contributed by atoms with E-state index in [0.717, 1.165) is 47.7 Å². The summed E-state index contributed by atoms with van der Waals surface area (Å²) in [6.45, 7) is 2.12. The number of carbonyl (C=O) groups is 1. The van der Waals surface area contributed by atoms with Crippen LogP contribution in [-0.4, -0.2) is 36.2 Å². The number of imidazole rings is 1. The Bertz CT molecular complexity index is 657. The van der Waals surface area contributed by atoms with Crippen LogP contribution >= 0.6 is 11.8 Å². The van der Waals surface area contributed by atoms with E-state index in [1.165, 1.54) is 11.8 Å². The molecule has 0 bridgehead atoms. The monoisotopic (exact) mass is 294 g/mol. The van der Waals surface area contributed by atoms with Crippen LogP contribution in [0, 0.1) is 0 Å². The molecule has 6 nitrogen and oxygen atoms in total. The number of fused-ring (bicyclic) bond motifs is 1. The van der Waals surface area contributed by atoms with Crippen molar-refractivity contribution in [2.45, 2.75) is 43.8 Å². The smallest absolute Gasteiger partial charge is 0.313 e. The fourth-order valence-electron chi connectivity index (χ4n) is 2.48. The Balaban J connectivity index is 2.07. The highest BCUT2D eigenvalue weighted by atomic mass is 32.2. The maximum Gasteiger partial charge on any atom is 0.313 e. The maximum absolute atomic E-state index is 10.8.